The summed E-state index contributed by atoms with van der Waals surface area (Å²) in [7, 11) is 0. The Morgan fingerprint density at radius 3 is 2.77 bits per heavy atom. The van der Waals surface area contributed by atoms with Crippen LogP contribution in [0.3, 0.4) is 0 Å². The highest BCUT2D eigenvalue weighted by atomic mass is 17.2. The van der Waals surface area contributed by atoms with E-state index in [1.807, 2.05) is 38.1 Å². The fourth-order valence-electron chi connectivity index (χ4n) is 3.09. The third-order valence-electron chi connectivity index (χ3n) is 4.84. The zero-order chi connectivity index (χ0) is 15.7. The molecule has 1 aliphatic heterocycles. The van der Waals surface area contributed by atoms with Crippen molar-refractivity contribution < 1.29 is 14.6 Å². The lowest BCUT2D eigenvalue weighted by Gasteiger charge is -2.45. The summed E-state index contributed by atoms with van der Waals surface area (Å²) in [6, 6.07) is 9.43. The van der Waals surface area contributed by atoms with Crippen molar-refractivity contribution in [1.82, 2.24) is 0 Å². The Morgan fingerprint density at radius 2 is 2.09 bits per heavy atom. The minimum Gasteiger partial charge on any atom is -0.299 e. The second-order valence-corrected chi connectivity index (χ2v) is 6.36. The van der Waals surface area contributed by atoms with Gasteiger partial charge in [-0.05, 0) is 37.1 Å². The first kappa shape index (κ1) is 15.0. The molecule has 0 aromatic heterocycles. The number of nitriles is 1. The van der Waals surface area contributed by atoms with Crippen LogP contribution in [0.2, 0.25) is 0 Å². The van der Waals surface area contributed by atoms with Gasteiger partial charge in [-0.2, -0.15) is 5.26 Å². The molecule has 22 heavy (non-hydrogen) atoms. The van der Waals surface area contributed by atoms with Crippen LogP contribution in [0.1, 0.15) is 37.8 Å². The zero-order valence-corrected chi connectivity index (χ0v) is 12.8. The fourth-order valence-corrected chi connectivity index (χ4v) is 3.09. The Kier molecular flexibility index (Phi) is 3.86. The number of hydrogen-bond donors (Lipinski definition) is 0. The molecule has 0 N–H and O–H groups in total. The summed E-state index contributed by atoms with van der Waals surface area (Å²) < 4.78 is 0. The smallest absolute Gasteiger partial charge is 0.138 e. The van der Waals surface area contributed by atoms with Crippen molar-refractivity contribution in [3.63, 3.8) is 0 Å². The molecular formula is C18H19NO3. The predicted octanol–water partition coefficient (Wildman–Crippen LogP) is 3.28. The van der Waals surface area contributed by atoms with Crippen molar-refractivity contribution in [2.45, 2.75) is 38.4 Å². The minimum atomic E-state index is -0.597. The normalized spacial score (nSPS) is 34.6. The van der Waals surface area contributed by atoms with Crippen molar-refractivity contribution >= 4 is 11.9 Å². The first-order valence-electron chi connectivity index (χ1n) is 7.58. The van der Waals surface area contributed by atoms with Crippen molar-refractivity contribution in [2.24, 2.45) is 11.8 Å². The van der Waals surface area contributed by atoms with E-state index in [2.05, 4.69) is 6.07 Å². The van der Waals surface area contributed by atoms with Crippen LogP contribution < -0.4 is 0 Å². The van der Waals surface area contributed by atoms with E-state index >= 15 is 0 Å². The van der Waals surface area contributed by atoms with E-state index < -0.39 is 5.60 Å². The lowest BCUT2D eigenvalue weighted by atomic mass is 9.71. The van der Waals surface area contributed by atoms with Gasteiger partial charge in [-0.25, -0.2) is 9.78 Å². The van der Waals surface area contributed by atoms with Crippen molar-refractivity contribution in [3.05, 3.63) is 41.5 Å². The molecule has 114 valence electrons. The molecule has 1 saturated carbocycles. The number of carbonyl (C=O) groups excluding carboxylic acids is 1. The second kappa shape index (κ2) is 5.68. The molecule has 2 bridgehead atoms. The predicted molar refractivity (Wildman–Crippen MR) is 81.4 cm³/mol. The molecule has 4 nitrogen and oxygen atoms in total. The van der Waals surface area contributed by atoms with Gasteiger partial charge in [-0.3, -0.25) is 4.79 Å². The molecule has 1 aromatic carbocycles. The molecule has 2 aliphatic rings. The van der Waals surface area contributed by atoms with Crippen LogP contribution in [-0.2, 0) is 14.6 Å². The van der Waals surface area contributed by atoms with Crippen LogP contribution in [0.25, 0.3) is 6.08 Å². The molecule has 0 amide bonds. The van der Waals surface area contributed by atoms with Crippen LogP contribution in [0, 0.1) is 23.2 Å². The Labute approximate surface area is 130 Å². The summed E-state index contributed by atoms with van der Waals surface area (Å²) in [5.74, 6) is 0.315. The van der Waals surface area contributed by atoms with E-state index in [0.29, 0.717) is 12.0 Å². The number of nitrogens with zero attached hydrogens (tertiary/aromatic N) is 1. The fraction of sp³-hybridized carbons (Fsp3) is 0.444. The van der Waals surface area contributed by atoms with Gasteiger partial charge in [-0.15, -0.1) is 0 Å². The van der Waals surface area contributed by atoms with Crippen LogP contribution >= 0.6 is 0 Å². The molecule has 1 heterocycles. The van der Waals surface area contributed by atoms with Gasteiger partial charge in [0.15, 0.2) is 0 Å². The first-order valence-corrected chi connectivity index (χ1v) is 7.58. The molecule has 0 spiro atoms. The van der Waals surface area contributed by atoms with Crippen LogP contribution in [0.5, 0.6) is 0 Å². The van der Waals surface area contributed by atoms with E-state index in [9.17, 15) is 4.79 Å². The van der Waals surface area contributed by atoms with Crippen LogP contribution in [-0.4, -0.2) is 17.5 Å². The molecule has 3 rings (SSSR count). The number of hydrogen-bond acceptors (Lipinski definition) is 4. The van der Waals surface area contributed by atoms with Gasteiger partial charge in [0.05, 0.1) is 11.6 Å². The summed E-state index contributed by atoms with van der Waals surface area (Å²) >= 11 is 0. The molecule has 4 atom stereocenters. The van der Waals surface area contributed by atoms with Gasteiger partial charge >= 0.3 is 0 Å². The Bertz CT molecular complexity index is 643. The monoisotopic (exact) mass is 297 g/mol. The topological polar surface area (TPSA) is 59.3 Å². The summed E-state index contributed by atoms with van der Waals surface area (Å²) in [5, 5.41) is 8.81. The van der Waals surface area contributed by atoms with Gasteiger partial charge in [0.2, 0.25) is 0 Å². The number of Topliss-reactive ketones (excluding diaryl/α,β-unsaturated/α-hetero) is 1. The van der Waals surface area contributed by atoms with Gasteiger partial charge in [0.25, 0.3) is 0 Å². The lowest BCUT2D eigenvalue weighted by molar-refractivity contribution is -0.415. The summed E-state index contributed by atoms with van der Waals surface area (Å²) in [4.78, 5) is 23.1. The van der Waals surface area contributed by atoms with Crippen molar-refractivity contribution in [2.75, 3.05) is 0 Å². The van der Waals surface area contributed by atoms with Gasteiger partial charge in [0.1, 0.15) is 17.5 Å². The van der Waals surface area contributed by atoms with E-state index in [-0.39, 0.29) is 23.7 Å². The number of fused-ring (bicyclic) bond motifs is 2. The molecule has 1 aliphatic carbocycles. The number of rotatable bonds is 2. The van der Waals surface area contributed by atoms with E-state index in [1.165, 1.54) is 0 Å². The Balaban J connectivity index is 1.77. The molecule has 2 fully saturated rings. The zero-order valence-electron chi connectivity index (χ0n) is 12.8. The summed E-state index contributed by atoms with van der Waals surface area (Å²) in [6.45, 7) is 3.86. The van der Waals surface area contributed by atoms with Gasteiger partial charge < -0.3 is 0 Å². The maximum atomic E-state index is 12.0. The third kappa shape index (κ3) is 2.70. The highest BCUT2D eigenvalue weighted by molar-refractivity contribution is 5.82. The van der Waals surface area contributed by atoms with Gasteiger partial charge in [0, 0.05) is 18.3 Å². The average molecular weight is 297 g/mol. The number of ketones is 1. The van der Waals surface area contributed by atoms with E-state index in [0.717, 1.165) is 12.0 Å². The second-order valence-electron chi connectivity index (χ2n) is 6.36. The molecular weight excluding hydrogens is 278 g/mol. The molecule has 0 radical (unpaired) electrons. The standard InChI is InChI=1S/C18H19NO3/c1-12-16(20)9-15-10-17(12)21-22-18(15,2)8-7-13-3-5-14(11-19)6-4-13/h3-8,12,15,17H,9-10H2,1-2H3/b8-7-/t12-,15+,17+,18+/m1/s1. The van der Waals surface area contributed by atoms with Crippen molar-refractivity contribution in [1.29, 1.82) is 5.26 Å². The SMILES string of the molecule is C[C@@H]1C(=O)C[C@H]2C[C@@H]1OO[C@@]2(C)/C=C\c1ccc(C#N)cc1. The van der Waals surface area contributed by atoms with E-state index in [4.69, 9.17) is 15.0 Å². The Morgan fingerprint density at radius 1 is 1.36 bits per heavy atom. The maximum Gasteiger partial charge on any atom is 0.138 e. The summed E-state index contributed by atoms with van der Waals surface area (Å²) in [6.07, 6.45) is 5.17. The Hall–Kier alpha value is -1.96. The highest BCUT2D eigenvalue weighted by Gasteiger charge is 2.48. The number of benzene rings is 1. The van der Waals surface area contributed by atoms with Crippen LogP contribution in [0.4, 0.5) is 0 Å². The molecule has 0 unspecified atom stereocenters. The summed E-state index contributed by atoms with van der Waals surface area (Å²) in [5.41, 5.74) is 1.02. The van der Waals surface area contributed by atoms with E-state index in [1.54, 1.807) is 12.1 Å². The highest BCUT2D eigenvalue weighted by Crippen LogP contribution is 2.42. The lowest BCUT2D eigenvalue weighted by Crippen LogP contribution is -2.51. The molecule has 4 heteroatoms. The van der Waals surface area contributed by atoms with Gasteiger partial charge in [-0.1, -0.05) is 25.1 Å². The van der Waals surface area contributed by atoms with Crippen LogP contribution in [0.15, 0.2) is 30.3 Å². The minimum absolute atomic E-state index is 0.0803. The van der Waals surface area contributed by atoms with Crippen molar-refractivity contribution in [3.8, 4) is 6.07 Å². The number of carbonyl (C=O) groups is 1. The molecule has 1 saturated heterocycles. The average Bonchev–Trinajstić information content (AvgIpc) is 2.54. The molecule has 1 aromatic rings. The quantitative estimate of drug-likeness (QED) is 0.786. The first-order chi connectivity index (χ1) is 10.5. The largest absolute Gasteiger partial charge is 0.299 e. The third-order valence-corrected chi connectivity index (χ3v) is 4.84. The maximum absolute atomic E-state index is 12.0.